The lowest BCUT2D eigenvalue weighted by Crippen LogP contribution is -2.15. The first kappa shape index (κ1) is 15.3. The Kier molecular flexibility index (Phi) is 4.16. The van der Waals surface area contributed by atoms with Crippen LogP contribution in [0.5, 0.6) is 0 Å². The summed E-state index contributed by atoms with van der Waals surface area (Å²) in [6, 6.07) is 9.37. The molecule has 0 bridgehead atoms. The highest BCUT2D eigenvalue weighted by Gasteiger charge is 2.19. The van der Waals surface area contributed by atoms with Gasteiger partial charge in [-0.2, -0.15) is 5.26 Å². The van der Waals surface area contributed by atoms with Crippen LogP contribution in [-0.4, -0.2) is 13.4 Å². The van der Waals surface area contributed by atoms with Gasteiger partial charge in [-0.15, -0.1) is 0 Å². The number of nitriles is 1. The summed E-state index contributed by atoms with van der Waals surface area (Å²) in [7, 11) is -3.86. The minimum absolute atomic E-state index is 0.00840. The van der Waals surface area contributed by atoms with Crippen LogP contribution in [-0.2, 0) is 10.0 Å². The van der Waals surface area contributed by atoms with E-state index in [4.69, 9.17) is 16.9 Å². The van der Waals surface area contributed by atoms with E-state index in [0.29, 0.717) is 11.3 Å². The lowest BCUT2D eigenvalue weighted by atomic mass is 10.2. The summed E-state index contributed by atoms with van der Waals surface area (Å²) >= 11 is 5.93. The van der Waals surface area contributed by atoms with Crippen LogP contribution in [0, 0.1) is 25.2 Å². The molecule has 1 heterocycles. The molecule has 0 fully saturated rings. The van der Waals surface area contributed by atoms with E-state index in [2.05, 4.69) is 9.71 Å². The lowest BCUT2D eigenvalue weighted by Gasteiger charge is -2.10. The maximum atomic E-state index is 12.3. The summed E-state index contributed by atoms with van der Waals surface area (Å²) in [6.07, 6.45) is 0. The van der Waals surface area contributed by atoms with Gasteiger partial charge in [-0.3, -0.25) is 4.72 Å². The first-order chi connectivity index (χ1) is 9.81. The molecule has 0 spiro atoms. The Morgan fingerprint density at radius 3 is 2.52 bits per heavy atom. The van der Waals surface area contributed by atoms with Gasteiger partial charge in [0.05, 0.1) is 16.7 Å². The van der Waals surface area contributed by atoms with E-state index in [-0.39, 0.29) is 15.7 Å². The Morgan fingerprint density at radius 2 is 1.95 bits per heavy atom. The molecule has 5 nitrogen and oxygen atoms in total. The fourth-order valence-corrected chi connectivity index (χ4v) is 3.41. The maximum absolute atomic E-state index is 12.3. The SMILES string of the molecule is Cc1cc(C)nc(NS(=O)(=O)c2ccc(C#N)cc2Cl)c1. The van der Waals surface area contributed by atoms with Crippen LogP contribution < -0.4 is 4.72 Å². The molecule has 0 radical (unpaired) electrons. The smallest absolute Gasteiger partial charge is 0.263 e. The first-order valence-corrected chi connectivity index (χ1v) is 7.86. The fraction of sp³-hybridized carbons (Fsp3) is 0.143. The average Bonchev–Trinajstić information content (AvgIpc) is 2.36. The monoisotopic (exact) mass is 321 g/mol. The van der Waals surface area contributed by atoms with Gasteiger partial charge >= 0.3 is 0 Å². The van der Waals surface area contributed by atoms with Crippen LogP contribution >= 0.6 is 11.6 Å². The predicted molar refractivity (Wildman–Crippen MR) is 80.7 cm³/mol. The Morgan fingerprint density at radius 1 is 1.24 bits per heavy atom. The van der Waals surface area contributed by atoms with Crippen molar-refractivity contribution in [1.29, 1.82) is 5.26 Å². The number of nitrogens with zero attached hydrogens (tertiary/aromatic N) is 2. The molecule has 1 aromatic carbocycles. The van der Waals surface area contributed by atoms with Crippen molar-refractivity contribution >= 4 is 27.4 Å². The van der Waals surface area contributed by atoms with Gasteiger partial charge in [0.15, 0.2) is 0 Å². The van der Waals surface area contributed by atoms with Gasteiger partial charge in [0.2, 0.25) is 0 Å². The van der Waals surface area contributed by atoms with Crippen LogP contribution in [0.25, 0.3) is 0 Å². The highest BCUT2D eigenvalue weighted by atomic mass is 35.5. The number of anilines is 1. The van der Waals surface area contributed by atoms with Crippen molar-refractivity contribution in [2.75, 3.05) is 4.72 Å². The van der Waals surface area contributed by atoms with Crippen LogP contribution in [0.3, 0.4) is 0 Å². The summed E-state index contributed by atoms with van der Waals surface area (Å²) in [5.41, 5.74) is 1.90. The summed E-state index contributed by atoms with van der Waals surface area (Å²) in [5.74, 6) is 0.230. The predicted octanol–water partition coefficient (Wildman–Crippen LogP) is 3.02. The summed E-state index contributed by atoms with van der Waals surface area (Å²) < 4.78 is 27.0. The molecule has 0 atom stereocenters. The second kappa shape index (κ2) is 5.72. The Hall–Kier alpha value is -2.10. The van der Waals surface area contributed by atoms with Gasteiger partial charge in [-0.1, -0.05) is 11.6 Å². The van der Waals surface area contributed by atoms with Gasteiger partial charge in [-0.05, 0) is 49.7 Å². The quantitative estimate of drug-likeness (QED) is 0.941. The van der Waals surface area contributed by atoms with Crippen LogP contribution in [0.1, 0.15) is 16.8 Å². The second-order valence-electron chi connectivity index (χ2n) is 4.53. The fourth-order valence-electron chi connectivity index (χ4n) is 1.87. The van der Waals surface area contributed by atoms with E-state index in [1.165, 1.54) is 18.2 Å². The molecule has 1 aromatic heterocycles. The molecule has 0 aliphatic carbocycles. The number of nitrogens with one attached hydrogen (secondary N) is 1. The lowest BCUT2D eigenvalue weighted by molar-refractivity contribution is 0.601. The number of aromatic nitrogens is 1. The molecule has 1 N–H and O–H groups in total. The van der Waals surface area contributed by atoms with Gasteiger partial charge in [0.1, 0.15) is 10.7 Å². The largest absolute Gasteiger partial charge is 0.264 e. The number of aryl methyl sites for hydroxylation is 2. The number of halogens is 1. The normalized spacial score (nSPS) is 11.0. The minimum Gasteiger partial charge on any atom is -0.263 e. The van der Waals surface area contributed by atoms with Crippen molar-refractivity contribution in [2.45, 2.75) is 18.7 Å². The molecule has 21 heavy (non-hydrogen) atoms. The third-order valence-corrected chi connectivity index (χ3v) is 4.52. The standard InChI is InChI=1S/C14H12ClN3O2S/c1-9-5-10(2)17-14(6-9)18-21(19,20)13-4-3-11(8-16)7-12(13)15/h3-7H,1-2H3,(H,17,18). The Bertz CT molecular complexity index is 822. The topological polar surface area (TPSA) is 82.8 Å². The van der Waals surface area contributed by atoms with Crippen molar-refractivity contribution in [3.05, 3.63) is 52.2 Å². The average molecular weight is 322 g/mol. The van der Waals surface area contributed by atoms with Gasteiger partial charge in [0.25, 0.3) is 10.0 Å². The number of rotatable bonds is 3. The molecule has 2 aromatic rings. The zero-order chi connectivity index (χ0) is 15.6. The number of benzene rings is 1. The highest BCUT2D eigenvalue weighted by molar-refractivity contribution is 7.92. The van der Waals surface area contributed by atoms with Crippen molar-refractivity contribution in [2.24, 2.45) is 0 Å². The number of hydrogen-bond acceptors (Lipinski definition) is 4. The van der Waals surface area contributed by atoms with Gasteiger partial charge in [-0.25, -0.2) is 13.4 Å². The zero-order valence-electron chi connectivity index (χ0n) is 11.4. The van der Waals surface area contributed by atoms with Gasteiger partial charge in [0, 0.05) is 5.69 Å². The van der Waals surface area contributed by atoms with E-state index in [0.717, 1.165) is 5.56 Å². The summed E-state index contributed by atoms with van der Waals surface area (Å²) in [5, 5.41) is 8.76. The molecule has 108 valence electrons. The van der Waals surface area contributed by atoms with Crippen molar-refractivity contribution in [1.82, 2.24) is 4.98 Å². The molecule has 0 saturated carbocycles. The number of pyridine rings is 1. The zero-order valence-corrected chi connectivity index (χ0v) is 13.0. The third-order valence-electron chi connectivity index (χ3n) is 2.69. The van der Waals surface area contributed by atoms with E-state index in [1.807, 2.05) is 19.1 Å². The molecular weight excluding hydrogens is 310 g/mol. The molecule has 7 heteroatoms. The first-order valence-electron chi connectivity index (χ1n) is 5.99. The van der Waals surface area contributed by atoms with Crippen molar-refractivity contribution in [3.63, 3.8) is 0 Å². The molecule has 0 unspecified atom stereocenters. The van der Waals surface area contributed by atoms with E-state index < -0.39 is 10.0 Å². The van der Waals surface area contributed by atoms with E-state index in [1.54, 1.807) is 13.0 Å². The van der Waals surface area contributed by atoms with Gasteiger partial charge < -0.3 is 0 Å². The van der Waals surface area contributed by atoms with E-state index in [9.17, 15) is 8.42 Å². The van der Waals surface area contributed by atoms with Crippen LogP contribution in [0.2, 0.25) is 5.02 Å². The minimum atomic E-state index is -3.86. The number of hydrogen-bond donors (Lipinski definition) is 1. The molecule has 0 aliphatic heterocycles. The van der Waals surface area contributed by atoms with Crippen molar-refractivity contribution < 1.29 is 8.42 Å². The van der Waals surface area contributed by atoms with Crippen molar-refractivity contribution in [3.8, 4) is 6.07 Å². The Labute approximate surface area is 128 Å². The van der Waals surface area contributed by atoms with Crippen LogP contribution in [0.4, 0.5) is 5.82 Å². The molecule has 2 rings (SSSR count). The third kappa shape index (κ3) is 3.51. The molecule has 0 saturated heterocycles. The van der Waals surface area contributed by atoms with Crippen LogP contribution in [0.15, 0.2) is 35.2 Å². The van der Waals surface area contributed by atoms with E-state index >= 15 is 0 Å². The summed E-state index contributed by atoms with van der Waals surface area (Å²) in [6.45, 7) is 3.63. The Balaban J connectivity index is 2.41. The number of sulfonamides is 1. The second-order valence-corrected chi connectivity index (χ2v) is 6.59. The molecule has 0 aliphatic rings. The maximum Gasteiger partial charge on any atom is 0.264 e. The highest BCUT2D eigenvalue weighted by Crippen LogP contribution is 2.24. The molecular formula is C14H12ClN3O2S. The summed E-state index contributed by atoms with van der Waals surface area (Å²) in [4.78, 5) is 4.03. The molecule has 0 amide bonds.